The van der Waals surface area contributed by atoms with Crippen LogP contribution < -0.4 is 4.90 Å². The summed E-state index contributed by atoms with van der Waals surface area (Å²) in [6, 6.07) is 10.7. The predicted molar refractivity (Wildman–Crippen MR) is 113 cm³/mol. The van der Waals surface area contributed by atoms with Gasteiger partial charge in [-0.1, -0.05) is 12.1 Å². The summed E-state index contributed by atoms with van der Waals surface area (Å²) < 4.78 is 2.27. The lowest BCUT2D eigenvalue weighted by atomic mass is 10.1. The fourth-order valence-electron chi connectivity index (χ4n) is 4.35. The second kappa shape index (κ2) is 7.51. The monoisotopic (exact) mass is 367 g/mol. The second-order valence-electron chi connectivity index (χ2n) is 8.82. The average molecular weight is 368 g/mol. The van der Waals surface area contributed by atoms with Crippen molar-refractivity contribution in [3.63, 3.8) is 0 Å². The molecule has 0 aliphatic carbocycles. The second-order valence-corrected chi connectivity index (χ2v) is 8.82. The maximum atomic E-state index is 13.0. The molecule has 0 amide bonds. The van der Waals surface area contributed by atoms with E-state index < -0.39 is 0 Å². The Morgan fingerprint density at radius 1 is 1.00 bits per heavy atom. The van der Waals surface area contributed by atoms with E-state index in [-0.39, 0.29) is 11.3 Å². The van der Waals surface area contributed by atoms with Crippen LogP contribution in [0.3, 0.4) is 0 Å². The van der Waals surface area contributed by atoms with Gasteiger partial charge in [-0.3, -0.25) is 9.69 Å². The van der Waals surface area contributed by atoms with E-state index >= 15 is 0 Å². The van der Waals surface area contributed by atoms with Crippen molar-refractivity contribution in [2.24, 2.45) is 0 Å². The Balaban J connectivity index is 1.63. The lowest BCUT2D eigenvalue weighted by Crippen LogP contribution is -2.48. The molecule has 0 unspecified atom stereocenters. The number of Topliss-reactive ketones (excluding diaryl/α,β-unsaturated/α-hetero) is 1. The number of anilines is 1. The summed E-state index contributed by atoms with van der Waals surface area (Å²) in [5.41, 5.74) is 5.69. The van der Waals surface area contributed by atoms with Gasteiger partial charge in [0.05, 0.1) is 6.54 Å². The van der Waals surface area contributed by atoms with Crippen LogP contribution in [0.4, 0.5) is 5.69 Å². The number of rotatable bonds is 4. The Morgan fingerprint density at radius 3 is 2.22 bits per heavy atom. The molecule has 0 atom stereocenters. The van der Waals surface area contributed by atoms with Crippen molar-refractivity contribution in [2.75, 3.05) is 37.6 Å². The van der Waals surface area contributed by atoms with Crippen LogP contribution >= 0.6 is 0 Å². The molecule has 1 aromatic heterocycles. The highest BCUT2D eigenvalue weighted by Gasteiger charge is 2.25. The van der Waals surface area contributed by atoms with E-state index in [1.165, 1.54) is 11.3 Å². The Morgan fingerprint density at radius 2 is 1.67 bits per heavy atom. The SMILES string of the molecule is Cc1cccc(N2CCN(CC(=O)c3cc(C)n(C(C)(C)C)c3C)CC2)c1. The van der Waals surface area contributed by atoms with Crippen molar-refractivity contribution in [3.05, 3.63) is 52.8 Å². The first-order valence-corrected chi connectivity index (χ1v) is 9.93. The van der Waals surface area contributed by atoms with Crippen LogP contribution in [0.5, 0.6) is 0 Å². The Kier molecular flexibility index (Phi) is 5.48. The van der Waals surface area contributed by atoms with Gasteiger partial charge in [-0.2, -0.15) is 0 Å². The molecule has 4 nitrogen and oxygen atoms in total. The van der Waals surface area contributed by atoms with E-state index in [0.29, 0.717) is 6.54 Å². The third kappa shape index (κ3) is 4.27. The van der Waals surface area contributed by atoms with Crippen LogP contribution in [0, 0.1) is 20.8 Å². The molecule has 1 aromatic carbocycles. The highest BCUT2D eigenvalue weighted by Crippen LogP contribution is 2.25. The Hall–Kier alpha value is -2.07. The molecule has 2 heterocycles. The lowest BCUT2D eigenvalue weighted by molar-refractivity contribution is 0.0925. The van der Waals surface area contributed by atoms with Gasteiger partial charge < -0.3 is 9.47 Å². The van der Waals surface area contributed by atoms with Gasteiger partial charge >= 0.3 is 0 Å². The molecule has 146 valence electrons. The van der Waals surface area contributed by atoms with E-state index in [0.717, 1.165) is 43.1 Å². The van der Waals surface area contributed by atoms with Crippen molar-refractivity contribution in [3.8, 4) is 0 Å². The molecule has 1 aliphatic heterocycles. The number of hydrogen-bond acceptors (Lipinski definition) is 3. The first-order valence-electron chi connectivity index (χ1n) is 9.93. The van der Waals surface area contributed by atoms with E-state index in [1.807, 2.05) is 0 Å². The van der Waals surface area contributed by atoms with Crippen LogP contribution in [-0.4, -0.2) is 48.0 Å². The standard InChI is InChI=1S/C23H33N3O/c1-17-8-7-9-20(14-17)25-12-10-24(11-13-25)16-22(27)21-15-18(2)26(19(21)3)23(4,5)6/h7-9,14-15H,10-13,16H2,1-6H3. The molecule has 0 spiro atoms. The Bertz CT molecular complexity index is 821. The zero-order valence-corrected chi connectivity index (χ0v) is 17.7. The minimum absolute atomic E-state index is 0.00780. The zero-order chi connectivity index (χ0) is 19.8. The molecule has 0 saturated carbocycles. The van der Waals surface area contributed by atoms with Crippen molar-refractivity contribution in [2.45, 2.75) is 47.1 Å². The number of aryl methyl sites for hydroxylation is 2. The summed E-state index contributed by atoms with van der Waals surface area (Å²) in [7, 11) is 0. The van der Waals surface area contributed by atoms with Gasteiger partial charge in [-0.15, -0.1) is 0 Å². The van der Waals surface area contributed by atoms with Gasteiger partial charge in [-0.25, -0.2) is 0 Å². The van der Waals surface area contributed by atoms with Gasteiger partial charge in [0, 0.05) is 54.4 Å². The highest BCUT2D eigenvalue weighted by molar-refractivity contribution is 5.99. The number of carbonyl (C=O) groups excluding carboxylic acids is 1. The summed E-state index contributed by atoms with van der Waals surface area (Å²) in [6.45, 7) is 17.2. The molecule has 2 aromatic rings. The lowest BCUT2D eigenvalue weighted by Gasteiger charge is -2.36. The fraction of sp³-hybridized carbons (Fsp3) is 0.522. The van der Waals surface area contributed by atoms with E-state index in [2.05, 4.69) is 86.2 Å². The topological polar surface area (TPSA) is 28.5 Å². The Labute approximate surface area is 163 Å². The molecule has 0 N–H and O–H groups in total. The molecule has 1 fully saturated rings. The van der Waals surface area contributed by atoms with Gasteiger partial charge in [0.15, 0.2) is 5.78 Å². The summed E-state index contributed by atoms with van der Waals surface area (Å²) in [5.74, 6) is 0.239. The van der Waals surface area contributed by atoms with Crippen molar-refractivity contribution < 1.29 is 4.79 Å². The quantitative estimate of drug-likeness (QED) is 0.759. The smallest absolute Gasteiger partial charge is 0.178 e. The number of benzene rings is 1. The van der Waals surface area contributed by atoms with Crippen LogP contribution in [0.1, 0.15) is 48.1 Å². The summed E-state index contributed by atoms with van der Waals surface area (Å²) in [6.07, 6.45) is 0. The molecule has 27 heavy (non-hydrogen) atoms. The number of ketones is 1. The first kappa shape index (κ1) is 19.7. The van der Waals surface area contributed by atoms with Crippen LogP contribution in [-0.2, 0) is 5.54 Å². The zero-order valence-electron chi connectivity index (χ0n) is 17.7. The number of nitrogens with zero attached hydrogens (tertiary/aromatic N) is 3. The first-order chi connectivity index (χ1) is 12.7. The highest BCUT2D eigenvalue weighted by atomic mass is 16.1. The normalized spacial score (nSPS) is 16.0. The van der Waals surface area contributed by atoms with Crippen molar-refractivity contribution >= 4 is 11.5 Å². The maximum Gasteiger partial charge on any atom is 0.178 e. The van der Waals surface area contributed by atoms with Gasteiger partial charge in [0.1, 0.15) is 0 Å². The molecule has 0 bridgehead atoms. The predicted octanol–water partition coefficient (Wildman–Crippen LogP) is 4.17. The van der Waals surface area contributed by atoms with Crippen molar-refractivity contribution in [1.82, 2.24) is 9.47 Å². The third-order valence-corrected chi connectivity index (χ3v) is 5.51. The molecule has 3 rings (SSSR count). The third-order valence-electron chi connectivity index (χ3n) is 5.51. The molecular weight excluding hydrogens is 334 g/mol. The molecule has 1 saturated heterocycles. The fourth-order valence-corrected chi connectivity index (χ4v) is 4.35. The molecule has 4 heteroatoms. The summed E-state index contributed by atoms with van der Waals surface area (Å²) >= 11 is 0. The minimum atomic E-state index is -0.00780. The number of carbonyl (C=O) groups is 1. The van der Waals surface area contributed by atoms with E-state index in [9.17, 15) is 4.79 Å². The minimum Gasteiger partial charge on any atom is -0.369 e. The van der Waals surface area contributed by atoms with Crippen molar-refractivity contribution in [1.29, 1.82) is 0 Å². The summed E-state index contributed by atoms with van der Waals surface area (Å²) in [5, 5.41) is 0. The van der Waals surface area contributed by atoms with Crippen LogP contribution in [0.25, 0.3) is 0 Å². The largest absolute Gasteiger partial charge is 0.369 e. The number of piperazine rings is 1. The van der Waals surface area contributed by atoms with Gasteiger partial charge in [0.2, 0.25) is 0 Å². The van der Waals surface area contributed by atoms with Crippen LogP contribution in [0.2, 0.25) is 0 Å². The number of aromatic nitrogens is 1. The molecule has 1 aliphatic rings. The van der Waals surface area contributed by atoms with Gasteiger partial charge in [0.25, 0.3) is 0 Å². The van der Waals surface area contributed by atoms with Crippen LogP contribution in [0.15, 0.2) is 30.3 Å². The molecule has 0 radical (unpaired) electrons. The van der Waals surface area contributed by atoms with E-state index in [4.69, 9.17) is 0 Å². The van der Waals surface area contributed by atoms with Gasteiger partial charge in [-0.05, 0) is 65.3 Å². The average Bonchev–Trinajstić information content (AvgIpc) is 2.90. The van der Waals surface area contributed by atoms with E-state index in [1.54, 1.807) is 0 Å². The number of hydrogen-bond donors (Lipinski definition) is 0. The summed E-state index contributed by atoms with van der Waals surface area (Å²) in [4.78, 5) is 17.7. The molecular formula is C23H33N3O. The maximum absolute atomic E-state index is 13.0.